The fourth-order valence-corrected chi connectivity index (χ4v) is 2.87. The molecule has 1 saturated heterocycles. The fraction of sp³-hybridized carbons (Fsp3) is 0.353. The van der Waals surface area contributed by atoms with E-state index in [9.17, 15) is 0 Å². The van der Waals surface area contributed by atoms with Gasteiger partial charge in [0, 0.05) is 25.2 Å². The number of likely N-dealkylation sites (N-methyl/N-ethyl adjacent to an activating group) is 1. The van der Waals surface area contributed by atoms with E-state index < -0.39 is 0 Å². The van der Waals surface area contributed by atoms with E-state index in [1.54, 1.807) is 0 Å². The molecule has 1 aliphatic rings. The van der Waals surface area contributed by atoms with Crippen LogP contribution in [0.3, 0.4) is 0 Å². The molecular weight excluding hydrogens is 306 g/mol. The Morgan fingerprint density at radius 1 is 1.25 bits per heavy atom. The van der Waals surface area contributed by atoms with Gasteiger partial charge in [0.1, 0.15) is 0 Å². The molecule has 1 unspecified atom stereocenters. The monoisotopic (exact) mass is 325 g/mol. The van der Waals surface area contributed by atoms with E-state index in [1.165, 1.54) is 12.0 Å². The molecule has 1 fully saturated rings. The molecule has 1 aromatic carbocycles. The molecule has 0 saturated carbocycles. The predicted molar refractivity (Wildman–Crippen MR) is 88.2 cm³/mol. The molecule has 3 aromatic rings. The minimum atomic E-state index is 0.103. The number of nitrogens with zero attached hydrogens (tertiary/aromatic N) is 4. The Kier molecular flexibility index (Phi) is 3.87. The molecule has 1 aliphatic heterocycles. The van der Waals surface area contributed by atoms with Gasteiger partial charge < -0.3 is 14.3 Å². The average Bonchev–Trinajstić information content (AvgIpc) is 3.25. The summed E-state index contributed by atoms with van der Waals surface area (Å²) in [4.78, 5) is 11.0. The van der Waals surface area contributed by atoms with Crippen molar-refractivity contribution in [2.75, 3.05) is 26.7 Å². The van der Waals surface area contributed by atoms with Gasteiger partial charge >= 0.3 is 0 Å². The van der Waals surface area contributed by atoms with Crippen molar-refractivity contribution in [1.29, 1.82) is 0 Å². The number of rotatable bonds is 3. The lowest BCUT2D eigenvalue weighted by molar-refractivity contribution is 0.190. The maximum absolute atomic E-state index is 5.56. The molecule has 0 bridgehead atoms. The number of aromatic nitrogens is 3. The summed E-state index contributed by atoms with van der Waals surface area (Å²) in [6.45, 7) is 4.77. The van der Waals surface area contributed by atoms with E-state index >= 15 is 0 Å². The minimum absolute atomic E-state index is 0.103. The van der Waals surface area contributed by atoms with Gasteiger partial charge in [-0.25, -0.2) is 4.98 Å². The second-order valence-corrected chi connectivity index (χ2v) is 6.05. The molecule has 2 aromatic heterocycles. The molecule has 0 aliphatic carbocycles. The van der Waals surface area contributed by atoms with Crippen LogP contribution in [0.1, 0.15) is 17.4 Å². The van der Waals surface area contributed by atoms with E-state index in [-0.39, 0.29) is 6.04 Å². The number of benzene rings is 1. The Bertz CT molecular complexity index is 824. The van der Waals surface area contributed by atoms with Crippen LogP contribution in [-0.4, -0.2) is 46.7 Å². The first kappa shape index (κ1) is 15.0. The zero-order valence-corrected chi connectivity index (χ0v) is 13.7. The lowest BCUT2D eigenvalue weighted by Crippen LogP contribution is -2.44. The van der Waals surface area contributed by atoms with Crippen LogP contribution in [0.5, 0.6) is 0 Å². The largest absolute Gasteiger partial charge is 0.443 e. The molecule has 0 spiro atoms. The van der Waals surface area contributed by atoms with Gasteiger partial charge in [0.2, 0.25) is 0 Å². The summed E-state index contributed by atoms with van der Waals surface area (Å²) in [6, 6.07) is 8.16. The number of hydrogen-bond donors (Lipinski definition) is 1. The van der Waals surface area contributed by atoms with E-state index in [0.29, 0.717) is 23.2 Å². The highest BCUT2D eigenvalue weighted by Crippen LogP contribution is 2.31. The van der Waals surface area contributed by atoms with Gasteiger partial charge in [0.05, 0.1) is 6.04 Å². The van der Waals surface area contributed by atoms with Crippen LogP contribution in [0.25, 0.3) is 22.9 Å². The molecule has 1 atom stereocenters. The zero-order valence-electron chi connectivity index (χ0n) is 13.7. The molecule has 7 heteroatoms. The molecule has 24 heavy (non-hydrogen) atoms. The summed E-state index contributed by atoms with van der Waals surface area (Å²) in [5.74, 6) is 1.69. The van der Waals surface area contributed by atoms with Crippen LogP contribution in [0, 0.1) is 6.92 Å². The number of piperazine rings is 1. The Labute approximate surface area is 139 Å². The maximum Gasteiger partial charge on any atom is 0.280 e. The molecule has 124 valence electrons. The van der Waals surface area contributed by atoms with Crippen LogP contribution >= 0.6 is 0 Å². The topological polar surface area (TPSA) is 80.2 Å². The molecule has 3 heterocycles. The van der Waals surface area contributed by atoms with Crippen LogP contribution < -0.4 is 5.32 Å². The lowest BCUT2D eigenvalue weighted by Gasteiger charge is -2.30. The third-order valence-electron chi connectivity index (χ3n) is 4.33. The van der Waals surface area contributed by atoms with Crippen LogP contribution in [-0.2, 0) is 0 Å². The van der Waals surface area contributed by atoms with Crippen molar-refractivity contribution in [3.8, 4) is 22.9 Å². The van der Waals surface area contributed by atoms with Gasteiger partial charge in [-0.2, -0.15) is 4.98 Å². The Morgan fingerprint density at radius 3 is 2.88 bits per heavy atom. The number of oxazole rings is 1. The summed E-state index contributed by atoms with van der Waals surface area (Å²) in [6.07, 6.45) is 1.41. The first-order valence-corrected chi connectivity index (χ1v) is 7.98. The van der Waals surface area contributed by atoms with Crippen molar-refractivity contribution < 1.29 is 8.94 Å². The molecule has 7 nitrogen and oxygen atoms in total. The molecule has 0 amide bonds. The maximum atomic E-state index is 5.56. The van der Waals surface area contributed by atoms with E-state index in [4.69, 9.17) is 8.94 Å². The second kappa shape index (κ2) is 6.18. The predicted octanol–water partition coefficient (Wildman–Crippen LogP) is 2.28. The molecule has 0 radical (unpaired) electrons. The average molecular weight is 325 g/mol. The van der Waals surface area contributed by atoms with Gasteiger partial charge in [0.25, 0.3) is 5.89 Å². The quantitative estimate of drug-likeness (QED) is 0.791. The summed E-state index contributed by atoms with van der Waals surface area (Å²) in [7, 11) is 2.06. The summed E-state index contributed by atoms with van der Waals surface area (Å²) in [5, 5.41) is 7.50. The van der Waals surface area contributed by atoms with Crippen LogP contribution in [0.2, 0.25) is 0 Å². The second-order valence-electron chi connectivity index (χ2n) is 6.05. The molecular formula is C17H19N5O2. The van der Waals surface area contributed by atoms with Crippen molar-refractivity contribution in [2.45, 2.75) is 13.0 Å². The summed E-state index contributed by atoms with van der Waals surface area (Å²) in [5.41, 5.74) is 2.70. The van der Waals surface area contributed by atoms with Crippen molar-refractivity contribution in [3.63, 3.8) is 0 Å². The Morgan fingerprint density at radius 2 is 2.08 bits per heavy atom. The van der Waals surface area contributed by atoms with Crippen LogP contribution in [0.4, 0.5) is 0 Å². The standard InChI is InChI=1S/C17H19N5O2/c1-11-3-5-12(6-4-11)15-14(19-10-23-15)17-20-16(21-24-17)13-9-18-7-8-22(13)2/h3-6,10,13,18H,7-9H2,1-2H3. The Hall–Kier alpha value is -2.51. The summed E-state index contributed by atoms with van der Waals surface area (Å²) >= 11 is 0. The van der Waals surface area contributed by atoms with E-state index in [0.717, 1.165) is 25.2 Å². The van der Waals surface area contributed by atoms with Crippen LogP contribution in [0.15, 0.2) is 39.6 Å². The third kappa shape index (κ3) is 2.72. The number of hydrogen-bond acceptors (Lipinski definition) is 7. The number of aryl methyl sites for hydroxylation is 1. The fourth-order valence-electron chi connectivity index (χ4n) is 2.87. The van der Waals surface area contributed by atoms with E-state index in [1.807, 2.05) is 31.2 Å². The van der Waals surface area contributed by atoms with E-state index in [2.05, 4.69) is 32.4 Å². The van der Waals surface area contributed by atoms with Gasteiger partial charge in [-0.1, -0.05) is 35.0 Å². The molecule has 4 rings (SSSR count). The third-order valence-corrected chi connectivity index (χ3v) is 4.33. The summed E-state index contributed by atoms with van der Waals surface area (Å²) < 4.78 is 11.0. The SMILES string of the molecule is Cc1ccc(-c2ocnc2-c2nc(C3CNCCN3C)no2)cc1. The van der Waals surface area contributed by atoms with Crippen molar-refractivity contribution >= 4 is 0 Å². The van der Waals surface area contributed by atoms with Gasteiger partial charge in [-0.15, -0.1) is 0 Å². The minimum Gasteiger partial charge on any atom is -0.443 e. The van der Waals surface area contributed by atoms with Crippen molar-refractivity contribution in [1.82, 2.24) is 25.3 Å². The highest BCUT2D eigenvalue weighted by Gasteiger charge is 2.27. The highest BCUT2D eigenvalue weighted by molar-refractivity contribution is 5.72. The first-order valence-electron chi connectivity index (χ1n) is 7.98. The van der Waals surface area contributed by atoms with Crippen molar-refractivity contribution in [2.24, 2.45) is 0 Å². The van der Waals surface area contributed by atoms with Crippen molar-refractivity contribution in [3.05, 3.63) is 42.0 Å². The first-order chi connectivity index (χ1) is 11.7. The smallest absolute Gasteiger partial charge is 0.280 e. The molecule has 1 N–H and O–H groups in total. The van der Waals surface area contributed by atoms with Gasteiger partial charge in [-0.05, 0) is 14.0 Å². The van der Waals surface area contributed by atoms with Gasteiger partial charge in [0.15, 0.2) is 23.7 Å². The zero-order chi connectivity index (χ0) is 16.5. The highest BCUT2D eigenvalue weighted by atomic mass is 16.5. The van der Waals surface area contributed by atoms with Gasteiger partial charge in [-0.3, -0.25) is 4.90 Å². The number of nitrogens with one attached hydrogen (secondary N) is 1. The Balaban J connectivity index is 1.66. The lowest BCUT2D eigenvalue weighted by atomic mass is 10.1. The normalized spacial score (nSPS) is 18.8.